The Morgan fingerprint density at radius 1 is 1.20 bits per heavy atom. The standard InChI is InChI=1S/C11H20N4/c1-9(2)13-5-4-12-7-11-8-14-10(3)6-15-11/h6,8-9,12-13H,4-5,7H2,1-3H3. The molecule has 0 saturated carbocycles. The molecule has 0 aromatic carbocycles. The van der Waals surface area contributed by atoms with Crippen molar-refractivity contribution in [3.8, 4) is 0 Å². The number of aryl methyl sites for hydroxylation is 1. The highest BCUT2D eigenvalue weighted by Crippen LogP contribution is 1.92. The summed E-state index contributed by atoms with van der Waals surface area (Å²) in [6, 6.07) is 0.547. The van der Waals surface area contributed by atoms with E-state index in [1.165, 1.54) is 0 Å². The summed E-state index contributed by atoms with van der Waals surface area (Å²) >= 11 is 0. The first-order valence-electron chi connectivity index (χ1n) is 5.40. The first-order valence-corrected chi connectivity index (χ1v) is 5.40. The van der Waals surface area contributed by atoms with Crippen molar-refractivity contribution in [3.05, 3.63) is 23.8 Å². The molecule has 0 amide bonds. The van der Waals surface area contributed by atoms with E-state index in [1.807, 2.05) is 13.1 Å². The van der Waals surface area contributed by atoms with E-state index in [4.69, 9.17) is 0 Å². The highest BCUT2D eigenvalue weighted by molar-refractivity contribution is 5.00. The molecular weight excluding hydrogens is 188 g/mol. The third kappa shape index (κ3) is 5.44. The van der Waals surface area contributed by atoms with Crippen LogP contribution in [0.2, 0.25) is 0 Å². The highest BCUT2D eigenvalue weighted by Gasteiger charge is 1.95. The number of nitrogens with zero attached hydrogens (tertiary/aromatic N) is 2. The van der Waals surface area contributed by atoms with E-state index in [-0.39, 0.29) is 0 Å². The fraction of sp³-hybridized carbons (Fsp3) is 0.636. The molecule has 1 aromatic heterocycles. The van der Waals surface area contributed by atoms with Crippen LogP contribution in [-0.2, 0) is 6.54 Å². The third-order valence-electron chi connectivity index (χ3n) is 1.99. The first-order chi connectivity index (χ1) is 7.18. The molecule has 84 valence electrons. The molecule has 0 aliphatic heterocycles. The van der Waals surface area contributed by atoms with E-state index in [2.05, 4.69) is 34.4 Å². The molecule has 0 aliphatic rings. The number of aromatic nitrogens is 2. The number of hydrogen-bond acceptors (Lipinski definition) is 4. The molecule has 1 aromatic rings. The Balaban J connectivity index is 2.12. The molecule has 0 spiro atoms. The molecule has 1 heterocycles. The Hall–Kier alpha value is -1.00. The van der Waals surface area contributed by atoms with E-state index in [1.54, 1.807) is 6.20 Å². The first kappa shape index (κ1) is 12.1. The van der Waals surface area contributed by atoms with Crippen molar-refractivity contribution < 1.29 is 0 Å². The molecule has 0 bridgehead atoms. The average molecular weight is 208 g/mol. The Bertz CT molecular complexity index is 268. The van der Waals surface area contributed by atoms with Gasteiger partial charge in [-0.15, -0.1) is 0 Å². The van der Waals surface area contributed by atoms with Gasteiger partial charge in [0.2, 0.25) is 0 Å². The van der Waals surface area contributed by atoms with Gasteiger partial charge in [0.05, 0.1) is 11.4 Å². The number of rotatable bonds is 6. The maximum Gasteiger partial charge on any atom is 0.0724 e. The predicted molar refractivity (Wildman–Crippen MR) is 61.6 cm³/mol. The SMILES string of the molecule is Cc1cnc(CNCCNC(C)C)cn1. The third-order valence-corrected chi connectivity index (χ3v) is 1.99. The lowest BCUT2D eigenvalue weighted by Gasteiger charge is -2.08. The molecule has 15 heavy (non-hydrogen) atoms. The zero-order valence-electron chi connectivity index (χ0n) is 9.75. The van der Waals surface area contributed by atoms with Crippen molar-refractivity contribution in [2.24, 2.45) is 0 Å². The Morgan fingerprint density at radius 2 is 2.00 bits per heavy atom. The van der Waals surface area contributed by atoms with Crippen LogP contribution in [0.4, 0.5) is 0 Å². The average Bonchev–Trinajstić information content (AvgIpc) is 2.20. The Morgan fingerprint density at radius 3 is 2.60 bits per heavy atom. The largest absolute Gasteiger partial charge is 0.313 e. The molecule has 0 atom stereocenters. The van der Waals surface area contributed by atoms with E-state index < -0.39 is 0 Å². The molecule has 4 nitrogen and oxygen atoms in total. The summed E-state index contributed by atoms with van der Waals surface area (Å²) < 4.78 is 0. The zero-order chi connectivity index (χ0) is 11.1. The van der Waals surface area contributed by atoms with Crippen molar-refractivity contribution in [2.45, 2.75) is 33.4 Å². The van der Waals surface area contributed by atoms with Crippen LogP contribution in [0.1, 0.15) is 25.2 Å². The molecule has 2 N–H and O–H groups in total. The Labute approximate surface area is 91.5 Å². The van der Waals surface area contributed by atoms with E-state index in [9.17, 15) is 0 Å². The quantitative estimate of drug-likeness (QED) is 0.681. The summed E-state index contributed by atoms with van der Waals surface area (Å²) in [5.41, 5.74) is 1.95. The number of hydrogen-bond donors (Lipinski definition) is 2. The summed E-state index contributed by atoms with van der Waals surface area (Å²) in [6.07, 6.45) is 3.61. The second kappa shape index (κ2) is 6.48. The van der Waals surface area contributed by atoms with Gasteiger partial charge in [-0.2, -0.15) is 0 Å². The molecular formula is C11H20N4. The van der Waals surface area contributed by atoms with Crippen molar-refractivity contribution >= 4 is 0 Å². The van der Waals surface area contributed by atoms with Gasteiger partial charge >= 0.3 is 0 Å². The van der Waals surface area contributed by atoms with Crippen molar-refractivity contribution in [3.63, 3.8) is 0 Å². The molecule has 1 rings (SSSR count). The topological polar surface area (TPSA) is 49.8 Å². The predicted octanol–water partition coefficient (Wildman–Crippen LogP) is 0.873. The minimum atomic E-state index is 0.547. The maximum atomic E-state index is 4.27. The fourth-order valence-electron chi connectivity index (χ4n) is 1.18. The van der Waals surface area contributed by atoms with Gasteiger partial charge in [-0.25, -0.2) is 0 Å². The van der Waals surface area contributed by atoms with Gasteiger partial charge in [-0.05, 0) is 6.92 Å². The van der Waals surface area contributed by atoms with Crippen molar-refractivity contribution in [2.75, 3.05) is 13.1 Å². The molecule has 0 unspecified atom stereocenters. The van der Waals surface area contributed by atoms with E-state index in [0.29, 0.717) is 6.04 Å². The second-order valence-corrected chi connectivity index (χ2v) is 3.93. The lowest BCUT2D eigenvalue weighted by atomic mass is 10.4. The minimum absolute atomic E-state index is 0.547. The number of nitrogens with one attached hydrogen (secondary N) is 2. The molecule has 0 fully saturated rings. The second-order valence-electron chi connectivity index (χ2n) is 3.93. The van der Waals surface area contributed by atoms with Crippen LogP contribution in [-0.4, -0.2) is 29.1 Å². The zero-order valence-corrected chi connectivity index (χ0v) is 9.75. The maximum absolute atomic E-state index is 4.27. The van der Waals surface area contributed by atoms with Gasteiger partial charge in [0.1, 0.15) is 0 Å². The van der Waals surface area contributed by atoms with Crippen LogP contribution in [0, 0.1) is 6.92 Å². The van der Waals surface area contributed by atoms with E-state index in [0.717, 1.165) is 31.0 Å². The van der Waals surface area contributed by atoms with Crippen molar-refractivity contribution in [1.82, 2.24) is 20.6 Å². The molecule has 4 heteroatoms. The van der Waals surface area contributed by atoms with Crippen LogP contribution < -0.4 is 10.6 Å². The van der Waals surface area contributed by atoms with Gasteiger partial charge < -0.3 is 10.6 Å². The smallest absolute Gasteiger partial charge is 0.0724 e. The van der Waals surface area contributed by atoms with E-state index >= 15 is 0 Å². The molecule has 0 saturated heterocycles. The van der Waals surface area contributed by atoms with Crippen LogP contribution in [0.15, 0.2) is 12.4 Å². The van der Waals surface area contributed by atoms with Gasteiger partial charge in [0.25, 0.3) is 0 Å². The summed E-state index contributed by atoms with van der Waals surface area (Å²) in [4.78, 5) is 8.45. The summed E-state index contributed by atoms with van der Waals surface area (Å²) in [5, 5.41) is 6.65. The highest BCUT2D eigenvalue weighted by atomic mass is 15.0. The normalized spacial score (nSPS) is 10.9. The monoisotopic (exact) mass is 208 g/mol. The van der Waals surface area contributed by atoms with Gasteiger partial charge in [0, 0.05) is 38.1 Å². The molecule has 0 radical (unpaired) electrons. The van der Waals surface area contributed by atoms with Crippen LogP contribution in [0.3, 0.4) is 0 Å². The minimum Gasteiger partial charge on any atom is -0.313 e. The summed E-state index contributed by atoms with van der Waals surface area (Å²) in [6.45, 7) is 8.95. The van der Waals surface area contributed by atoms with Gasteiger partial charge in [-0.1, -0.05) is 13.8 Å². The van der Waals surface area contributed by atoms with Gasteiger partial charge in [-0.3, -0.25) is 9.97 Å². The Kier molecular flexibility index (Phi) is 5.21. The van der Waals surface area contributed by atoms with Crippen LogP contribution >= 0.6 is 0 Å². The van der Waals surface area contributed by atoms with Crippen LogP contribution in [0.5, 0.6) is 0 Å². The van der Waals surface area contributed by atoms with Gasteiger partial charge in [0.15, 0.2) is 0 Å². The fourth-order valence-corrected chi connectivity index (χ4v) is 1.18. The lowest BCUT2D eigenvalue weighted by molar-refractivity contribution is 0.553. The lowest BCUT2D eigenvalue weighted by Crippen LogP contribution is -2.31. The molecule has 0 aliphatic carbocycles. The summed E-state index contributed by atoms with van der Waals surface area (Å²) in [5.74, 6) is 0. The summed E-state index contributed by atoms with van der Waals surface area (Å²) in [7, 11) is 0. The van der Waals surface area contributed by atoms with Crippen LogP contribution in [0.25, 0.3) is 0 Å². The van der Waals surface area contributed by atoms with Crippen molar-refractivity contribution in [1.29, 1.82) is 0 Å².